The minimum absolute atomic E-state index is 0.0771. The first-order valence-corrected chi connectivity index (χ1v) is 5.51. The van der Waals surface area contributed by atoms with Gasteiger partial charge in [0.1, 0.15) is 6.10 Å². The van der Waals surface area contributed by atoms with E-state index in [1.807, 2.05) is 0 Å². The number of aromatic nitrogens is 1. The van der Waals surface area contributed by atoms with E-state index in [1.54, 1.807) is 0 Å². The van der Waals surface area contributed by atoms with E-state index in [1.165, 1.54) is 32.4 Å². The Hall–Kier alpha value is -1.52. The zero-order valence-corrected chi connectivity index (χ0v) is 9.27. The number of rotatable bonds is 3. The van der Waals surface area contributed by atoms with Gasteiger partial charge in [0.2, 0.25) is 5.76 Å². The van der Waals surface area contributed by atoms with Crippen molar-refractivity contribution in [3.8, 4) is 5.88 Å². The number of carbonyl (C=O) groups excluding carboxylic acids is 1. The van der Waals surface area contributed by atoms with Crippen LogP contribution < -0.4 is 4.74 Å². The fourth-order valence-electron chi connectivity index (χ4n) is 1.87. The Morgan fingerprint density at radius 3 is 2.88 bits per heavy atom. The molecule has 0 amide bonds. The Labute approximate surface area is 93.7 Å². The lowest BCUT2D eigenvalue weighted by Crippen LogP contribution is -2.19. The molecule has 5 nitrogen and oxygen atoms in total. The number of hydrogen-bond acceptors (Lipinski definition) is 5. The summed E-state index contributed by atoms with van der Waals surface area (Å²) < 4.78 is 14.9. The third-order valence-electron chi connectivity index (χ3n) is 2.71. The maximum Gasteiger partial charge on any atom is 0.377 e. The zero-order valence-electron chi connectivity index (χ0n) is 9.27. The molecular formula is C11H15NO4. The van der Waals surface area contributed by atoms with E-state index >= 15 is 0 Å². The molecule has 0 atom stereocenters. The minimum Gasteiger partial charge on any atom is -0.472 e. The normalized spacial score (nSPS) is 17.1. The second-order valence-electron chi connectivity index (χ2n) is 3.90. The van der Waals surface area contributed by atoms with Crippen LogP contribution in [0.3, 0.4) is 0 Å². The predicted octanol–water partition coefficient (Wildman–Crippen LogP) is 2.17. The molecule has 0 radical (unpaired) electrons. The van der Waals surface area contributed by atoms with Crippen molar-refractivity contribution >= 4 is 5.97 Å². The van der Waals surface area contributed by atoms with Crippen LogP contribution in [0.5, 0.6) is 5.88 Å². The maximum atomic E-state index is 11.1. The van der Waals surface area contributed by atoms with Crippen LogP contribution in [0, 0.1) is 0 Å². The monoisotopic (exact) mass is 225 g/mol. The van der Waals surface area contributed by atoms with Gasteiger partial charge in [0.15, 0.2) is 0 Å². The number of ether oxygens (including phenoxy) is 2. The van der Waals surface area contributed by atoms with E-state index in [9.17, 15) is 4.79 Å². The van der Waals surface area contributed by atoms with Crippen LogP contribution in [0.1, 0.15) is 42.7 Å². The Bertz CT molecular complexity index is 355. The average Bonchev–Trinajstić information content (AvgIpc) is 2.78. The van der Waals surface area contributed by atoms with Crippen LogP contribution in [0.2, 0.25) is 0 Å². The summed E-state index contributed by atoms with van der Waals surface area (Å²) in [4.78, 5) is 11.1. The smallest absolute Gasteiger partial charge is 0.377 e. The molecule has 0 spiro atoms. The van der Waals surface area contributed by atoms with Crippen molar-refractivity contribution in [1.82, 2.24) is 5.16 Å². The first kappa shape index (κ1) is 11.0. The lowest BCUT2D eigenvalue weighted by atomic mass is 9.98. The molecule has 1 aromatic rings. The zero-order chi connectivity index (χ0) is 11.4. The van der Waals surface area contributed by atoms with E-state index < -0.39 is 5.97 Å². The SMILES string of the molecule is COC(=O)c1cc(OC2CCCCC2)no1. The molecule has 2 rings (SSSR count). The van der Waals surface area contributed by atoms with Gasteiger partial charge in [-0.15, -0.1) is 0 Å². The lowest BCUT2D eigenvalue weighted by molar-refractivity contribution is 0.0554. The topological polar surface area (TPSA) is 61.6 Å². The highest BCUT2D eigenvalue weighted by Crippen LogP contribution is 2.23. The molecule has 16 heavy (non-hydrogen) atoms. The molecule has 0 aliphatic heterocycles. The number of methoxy groups -OCH3 is 1. The van der Waals surface area contributed by atoms with Crippen molar-refractivity contribution in [3.63, 3.8) is 0 Å². The van der Waals surface area contributed by atoms with Gasteiger partial charge in [-0.1, -0.05) is 6.42 Å². The molecular weight excluding hydrogens is 210 g/mol. The molecule has 0 saturated heterocycles. The first-order chi connectivity index (χ1) is 7.79. The summed E-state index contributed by atoms with van der Waals surface area (Å²) in [5, 5.41) is 3.68. The summed E-state index contributed by atoms with van der Waals surface area (Å²) in [7, 11) is 1.30. The summed E-state index contributed by atoms with van der Waals surface area (Å²) >= 11 is 0. The number of carbonyl (C=O) groups is 1. The van der Waals surface area contributed by atoms with Crippen molar-refractivity contribution in [2.24, 2.45) is 0 Å². The fourth-order valence-corrected chi connectivity index (χ4v) is 1.87. The van der Waals surface area contributed by atoms with Crippen LogP contribution in [-0.2, 0) is 4.74 Å². The van der Waals surface area contributed by atoms with Crippen molar-refractivity contribution in [2.75, 3.05) is 7.11 Å². The number of nitrogens with zero attached hydrogens (tertiary/aromatic N) is 1. The molecule has 1 aliphatic rings. The van der Waals surface area contributed by atoms with E-state index in [4.69, 9.17) is 9.26 Å². The summed E-state index contributed by atoms with van der Waals surface area (Å²) in [6.07, 6.45) is 5.93. The van der Waals surface area contributed by atoms with E-state index in [0.29, 0.717) is 5.88 Å². The highest BCUT2D eigenvalue weighted by Gasteiger charge is 2.19. The standard InChI is InChI=1S/C11H15NO4/c1-14-11(13)9-7-10(12-16-9)15-8-5-3-2-4-6-8/h7-8H,2-6H2,1H3. The van der Waals surface area contributed by atoms with Gasteiger partial charge in [0.25, 0.3) is 5.88 Å². The van der Waals surface area contributed by atoms with Gasteiger partial charge in [0, 0.05) is 0 Å². The molecule has 1 fully saturated rings. The molecule has 1 aliphatic carbocycles. The van der Waals surface area contributed by atoms with Gasteiger partial charge in [-0.25, -0.2) is 4.79 Å². The maximum absolute atomic E-state index is 11.1. The molecule has 1 aromatic heterocycles. The van der Waals surface area contributed by atoms with Crippen molar-refractivity contribution < 1.29 is 18.8 Å². The van der Waals surface area contributed by atoms with Crippen LogP contribution in [-0.4, -0.2) is 24.3 Å². The van der Waals surface area contributed by atoms with Crippen LogP contribution in [0.4, 0.5) is 0 Å². The van der Waals surface area contributed by atoms with Gasteiger partial charge in [0.05, 0.1) is 13.2 Å². The van der Waals surface area contributed by atoms with E-state index in [-0.39, 0.29) is 11.9 Å². The second-order valence-corrected chi connectivity index (χ2v) is 3.90. The van der Waals surface area contributed by atoms with Crippen LogP contribution in [0.15, 0.2) is 10.6 Å². The summed E-state index contributed by atoms with van der Waals surface area (Å²) in [6.45, 7) is 0. The largest absolute Gasteiger partial charge is 0.472 e. The summed E-state index contributed by atoms with van der Waals surface area (Å²) in [5.74, 6) is -0.0911. The van der Waals surface area contributed by atoms with Gasteiger partial charge >= 0.3 is 5.97 Å². The summed E-state index contributed by atoms with van der Waals surface area (Å²) in [6, 6.07) is 1.47. The highest BCUT2D eigenvalue weighted by atomic mass is 16.6. The molecule has 0 unspecified atom stereocenters. The lowest BCUT2D eigenvalue weighted by Gasteiger charge is -2.20. The van der Waals surface area contributed by atoms with Crippen molar-refractivity contribution in [1.29, 1.82) is 0 Å². The van der Waals surface area contributed by atoms with Crippen molar-refractivity contribution in [3.05, 3.63) is 11.8 Å². The summed E-state index contributed by atoms with van der Waals surface area (Å²) in [5.41, 5.74) is 0. The van der Waals surface area contributed by atoms with Crippen molar-refractivity contribution in [2.45, 2.75) is 38.2 Å². The Balaban J connectivity index is 1.94. The second kappa shape index (κ2) is 5.01. The Morgan fingerprint density at radius 1 is 1.44 bits per heavy atom. The Morgan fingerprint density at radius 2 is 2.19 bits per heavy atom. The molecule has 88 valence electrons. The van der Waals surface area contributed by atoms with Gasteiger partial charge in [-0.2, -0.15) is 0 Å². The van der Waals surface area contributed by atoms with Gasteiger partial charge in [-0.05, 0) is 30.8 Å². The van der Waals surface area contributed by atoms with Gasteiger partial charge in [-0.3, -0.25) is 0 Å². The highest BCUT2D eigenvalue weighted by molar-refractivity contribution is 5.86. The average molecular weight is 225 g/mol. The molecule has 0 aromatic carbocycles. The quantitative estimate of drug-likeness (QED) is 0.738. The third-order valence-corrected chi connectivity index (χ3v) is 2.71. The minimum atomic E-state index is -0.536. The molecule has 5 heteroatoms. The Kier molecular flexibility index (Phi) is 3.44. The molecule has 1 saturated carbocycles. The van der Waals surface area contributed by atoms with E-state index in [0.717, 1.165) is 12.8 Å². The number of esters is 1. The molecule has 1 heterocycles. The first-order valence-electron chi connectivity index (χ1n) is 5.51. The van der Waals surface area contributed by atoms with Crippen LogP contribution >= 0.6 is 0 Å². The number of hydrogen-bond donors (Lipinski definition) is 0. The van der Waals surface area contributed by atoms with Crippen LogP contribution in [0.25, 0.3) is 0 Å². The molecule has 0 N–H and O–H groups in total. The molecule has 0 bridgehead atoms. The fraction of sp³-hybridized carbons (Fsp3) is 0.636. The third kappa shape index (κ3) is 2.53. The van der Waals surface area contributed by atoms with Gasteiger partial charge < -0.3 is 14.0 Å². The predicted molar refractivity (Wildman–Crippen MR) is 55.3 cm³/mol. The van der Waals surface area contributed by atoms with E-state index in [2.05, 4.69) is 9.89 Å².